The van der Waals surface area contributed by atoms with E-state index < -0.39 is 0 Å². The lowest BCUT2D eigenvalue weighted by molar-refractivity contribution is 0.316. The van der Waals surface area contributed by atoms with Crippen LogP contribution in [-0.2, 0) is 0 Å². The number of hydrogen-bond acceptors (Lipinski definition) is 2. The maximum Gasteiger partial charge on any atom is 0.133 e. The van der Waals surface area contributed by atoms with Crippen LogP contribution in [0.15, 0.2) is 28.7 Å². The molecule has 0 spiro atoms. The average Bonchev–Trinajstić information content (AvgIpc) is 2.09. The molecule has 0 fully saturated rings. The van der Waals surface area contributed by atoms with Gasteiger partial charge in [-0.2, -0.15) is 0 Å². The van der Waals surface area contributed by atoms with Gasteiger partial charge in [-0.05, 0) is 35.1 Å². The molecule has 0 saturated carbocycles. The molecule has 2 nitrogen and oxygen atoms in total. The van der Waals surface area contributed by atoms with Crippen molar-refractivity contribution in [2.45, 2.75) is 0 Å². The Balaban J connectivity index is 0.00000144. The van der Waals surface area contributed by atoms with Crippen LogP contribution in [0.25, 0.3) is 0 Å². The standard InChI is InChI=1S/C9H12BrNO.ClH/c1-11-6-7-12-9-5-3-2-4-8(9)10;/h2-5,11H,6-7H2,1H3;1H. The van der Waals surface area contributed by atoms with Gasteiger partial charge >= 0.3 is 0 Å². The fourth-order valence-corrected chi connectivity index (χ4v) is 1.22. The number of nitrogens with one attached hydrogen (secondary N) is 1. The van der Waals surface area contributed by atoms with Crippen molar-refractivity contribution in [2.24, 2.45) is 0 Å². The van der Waals surface area contributed by atoms with Gasteiger partial charge in [0.1, 0.15) is 12.4 Å². The molecule has 0 aromatic heterocycles. The number of hydrogen-bond donors (Lipinski definition) is 1. The Hall–Kier alpha value is -0.250. The van der Waals surface area contributed by atoms with E-state index in [0.717, 1.165) is 16.8 Å². The fraction of sp³-hybridized carbons (Fsp3) is 0.333. The van der Waals surface area contributed by atoms with Crippen LogP contribution in [0.1, 0.15) is 0 Å². The Morgan fingerprint density at radius 2 is 2.08 bits per heavy atom. The van der Waals surface area contributed by atoms with Gasteiger partial charge in [0.05, 0.1) is 4.47 Å². The van der Waals surface area contributed by atoms with Gasteiger partial charge in [-0.25, -0.2) is 0 Å². The molecule has 4 heteroatoms. The Labute approximate surface area is 93.2 Å². The summed E-state index contributed by atoms with van der Waals surface area (Å²) in [5, 5.41) is 3.02. The van der Waals surface area contributed by atoms with Gasteiger partial charge in [-0.3, -0.25) is 0 Å². The van der Waals surface area contributed by atoms with Crippen molar-refractivity contribution >= 4 is 28.3 Å². The van der Waals surface area contributed by atoms with Gasteiger partial charge in [0, 0.05) is 6.54 Å². The molecule has 1 aromatic rings. The highest BCUT2D eigenvalue weighted by molar-refractivity contribution is 9.10. The summed E-state index contributed by atoms with van der Waals surface area (Å²) >= 11 is 3.40. The Kier molecular flexibility index (Phi) is 7.04. The minimum Gasteiger partial charge on any atom is -0.491 e. The number of likely N-dealkylation sites (N-methyl/N-ethyl adjacent to an activating group) is 1. The molecule has 0 amide bonds. The summed E-state index contributed by atoms with van der Waals surface area (Å²) in [6.07, 6.45) is 0. The highest BCUT2D eigenvalue weighted by Crippen LogP contribution is 2.23. The molecule has 0 aliphatic rings. The third-order valence-electron chi connectivity index (χ3n) is 1.45. The van der Waals surface area contributed by atoms with Gasteiger partial charge in [0.25, 0.3) is 0 Å². The topological polar surface area (TPSA) is 21.3 Å². The first-order chi connectivity index (χ1) is 5.84. The van der Waals surface area contributed by atoms with E-state index in [1.54, 1.807) is 0 Å². The molecule has 13 heavy (non-hydrogen) atoms. The Bertz CT molecular complexity index is 245. The lowest BCUT2D eigenvalue weighted by atomic mass is 10.3. The number of halogens is 2. The number of para-hydroxylation sites is 1. The van der Waals surface area contributed by atoms with Gasteiger partial charge in [0.15, 0.2) is 0 Å². The largest absolute Gasteiger partial charge is 0.491 e. The zero-order valence-corrected chi connectivity index (χ0v) is 9.82. The second-order valence-electron chi connectivity index (χ2n) is 2.38. The lowest BCUT2D eigenvalue weighted by Gasteiger charge is -2.06. The summed E-state index contributed by atoms with van der Waals surface area (Å²) in [5.74, 6) is 0.896. The molecule has 1 aromatic carbocycles. The molecule has 0 bridgehead atoms. The van der Waals surface area contributed by atoms with Crippen molar-refractivity contribution < 1.29 is 4.74 Å². The zero-order chi connectivity index (χ0) is 8.81. The fourth-order valence-electron chi connectivity index (χ4n) is 0.825. The Morgan fingerprint density at radius 3 is 2.69 bits per heavy atom. The molecular formula is C9H13BrClNO. The monoisotopic (exact) mass is 265 g/mol. The van der Waals surface area contributed by atoms with E-state index in [4.69, 9.17) is 4.74 Å². The number of rotatable bonds is 4. The van der Waals surface area contributed by atoms with Crippen LogP contribution in [0, 0.1) is 0 Å². The van der Waals surface area contributed by atoms with Crippen molar-refractivity contribution in [3.05, 3.63) is 28.7 Å². The third-order valence-corrected chi connectivity index (χ3v) is 2.10. The van der Waals surface area contributed by atoms with Crippen molar-refractivity contribution in [3.8, 4) is 5.75 Å². The molecule has 0 aliphatic heterocycles. The molecule has 0 heterocycles. The smallest absolute Gasteiger partial charge is 0.133 e. The van der Waals surface area contributed by atoms with Gasteiger partial charge in [-0.15, -0.1) is 12.4 Å². The van der Waals surface area contributed by atoms with Crippen molar-refractivity contribution in [3.63, 3.8) is 0 Å². The van der Waals surface area contributed by atoms with Crippen LogP contribution in [0.3, 0.4) is 0 Å². The summed E-state index contributed by atoms with van der Waals surface area (Å²) in [5.41, 5.74) is 0. The zero-order valence-electron chi connectivity index (χ0n) is 7.42. The molecular weight excluding hydrogens is 253 g/mol. The van der Waals surface area contributed by atoms with Crippen LogP contribution >= 0.6 is 28.3 Å². The van der Waals surface area contributed by atoms with E-state index in [9.17, 15) is 0 Å². The van der Waals surface area contributed by atoms with E-state index in [-0.39, 0.29) is 12.4 Å². The minimum absolute atomic E-state index is 0. The van der Waals surface area contributed by atoms with Crippen LogP contribution in [-0.4, -0.2) is 20.2 Å². The van der Waals surface area contributed by atoms with E-state index in [2.05, 4.69) is 21.2 Å². The first-order valence-corrected chi connectivity index (χ1v) is 4.66. The summed E-state index contributed by atoms with van der Waals surface area (Å²) in [4.78, 5) is 0. The van der Waals surface area contributed by atoms with Crippen molar-refractivity contribution in [2.75, 3.05) is 20.2 Å². The summed E-state index contributed by atoms with van der Waals surface area (Å²) < 4.78 is 6.47. The second kappa shape index (κ2) is 7.18. The third kappa shape index (κ3) is 4.50. The van der Waals surface area contributed by atoms with Crippen LogP contribution in [0.2, 0.25) is 0 Å². The maximum atomic E-state index is 5.47. The summed E-state index contributed by atoms with van der Waals surface area (Å²) in [6.45, 7) is 1.56. The summed E-state index contributed by atoms with van der Waals surface area (Å²) in [6, 6.07) is 7.84. The number of ether oxygens (including phenoxy) is 1. The van der Waals surface area contributed by atoms with Crippen LogP contribution in [0.4, 0.5) is 0 Å². The molecule has 1 rings (SSSR count). The first kappa shape index (κ1) is 12.8. The van der Waals surface area contributed by atoms with Gasteiger partial charge < -0.3 is 10.1 Å². The maximum absolute atomic E-state index is 5.47. The van der Waals surface area contributed by atoms with Crippen molar-refractivity contribution in [1.29, 1.82) is 0 Å². The number of benzene rings is 1. The normalized spacial score (nSPS) is 9.08. The highest BCUT2D eigenvalue weighted by atomic mass is 79.9. The Morgan fingerprint density at radius 1 is 1.38 bits per heavy atom. The SMILES string of the molecule is CNCCOc1ccccc1Br.Cl. The molecule has 0 saturated heterocycles. The van der Waals surface area contributed by atoms with Gasteiger partial charge in [-0.1, -0.05) is 12.1 Å². The van der Waals surface area contributed by atoms with Gasteiger partial charge in [0.2, 0.25) is 0 Å². The van der Waals surface area contributed by atoms with E-state index in [1.165, 1.54) is 0 Å². The predicted octanol–water partition coefficient (Wildman–Crippen LogP) is 2.47. The van der Waals surface area contributed by atoms with E-state index in [0.29, 0.717) is 6.61 Å². The quantitative estimate of drug-likeness (QED) is 0.846. The van der Waals surface area contributed by atoms with E-state index in [1.807, 2.05) is 31.3 Å². The first-order valence-electron chi connectivity index (χ1n) is 3.86. The lowest BCUT2D eigenvalue weighted by Crippen LogP contribution is -2.15. The highest BCUT2D eigenvalue weighted by Gasteiger charge is 1.96. The molecule has 0 unspecified atom stereocenters. The van der Waals surface area contributed by atoms with E-state index >= 15 is 0 Å². The molecule has 0 atom stereocenters. The second-order valence-corrected chi connectivity index (χ2v) is 3.24. The van der Waals surface area contributed by atoms with Crippen LogP contribution in [0.5, 0.6) is 5.75 Å². The molecule has 1 N–H and O–H groups in total. The minimum atomic E-state index is 0. The van der Waals surface area contributed by atoms with Crippen LogP contribution < -0.4 is 10.1 Å². The summed E-state index contributed by atoms with van der Waals surface area (Å²) in [7, 11) is 1.91. The predicted molar refractivity (Wildman–Crippen MR) is 60.8 cm³/mol. The van der Waals surface area contributed by atoms with Crippen molar-refractivity contribution in [1.82, 2.24) is 5.32 Å². The molecule has 0 aliphatic carbocycles. The average molecular weight is 267 g/mol. The molecule has 74 valence electrons. The molecule has 0 radical (unpaired) electrons.